The van der Waals surface area contributed by atoms with E-state index in [9.17, 15) is 14.7 Å². The lowest BCUT2D eigenvalue weighted by atomic mass is 9.61. The van der Waals surface area contributed by atoms with Gasteiger partial charge in [0, 0.05) is 0 Å². The standard InChI is InChI=1S/C30H45NO5/c1-20(2)17-26-27(18-25(28(32)33)24-16-10-14-22-13-8-9-15-23(22)24)36-30(3,4)31(26)29(34)35-19-21-11-6-5-7-12-21/h5-7,11-12,20,22-27H,8-10,13-19H2,1-4H3,(H,32,33)/t22?,23?,24-,25+,26-,27-/m0/s1. The molecule has 0 aromatic heterocycles. The van der Waals surface area contributed by atoms with Gasteiger partial charge in [-0.25, -0.2) is 4.79 Å². The van der Waals surface area contributed by atoms with Gasteiger partial charge in [-0.05, 0) is 68.8 Å². The van der Waals surface area contributed by atoms with Crippen molar-refractivity contribution in [3.8, 4) is 0 Å². The van der Waals surface area contributed by atoms with Gasteiger partial charge in [-0.2, -0.15) is 0 Å². The molecule has 0 radical (unpaired) electrons. The Kier molecular flexibility index (Phi) is 8.64. The fourth-order valence-electron chi connectivity index (χ4n) is 7.36. The highest BCUT2D eigenvalue weighted by molar-refractivity contribution is 5.71. The molecule has 0 spiro atoms. The molecule has 1 heterocycles. The topological polar surface area (TPSA) is 76.1 Å². The number of benzene rings is 1. The molecule has 4 rings (SSSR count). The van der Waals surface area contributed by atoms with Crippen molar-refractivity contribution < 1.29 is 24.2 Å². The van der Waals surface area contributed by atoms with Gasteiger partial charge in [-0.3, -0.25) is 9.69 Å². The molecule has 1 aliphatic heterocycles. The van der Waals surface area contributed by atoms with Crippen LogP contribution >= 0.6 is 0 Å². The number of rotatable bonds is 8. The van der Waals surface area contributed by atoms with Crippen LogP contribution in [-0.4, -0.2) is 39.9 Å². The van der Waals surface area contributed by atoms with E-state index in [1.165, 1.54) is 25.7 Å². The Morgan fingerprint density at radius 2 is 1.75 bits per heavy atom. The lowest BCUT2D eigenvalue weighted by Crippen LogP contribution is -2.49. The number of ether oxygens (including phenoxy) is 2. The van der Waals surface area contributed by atoms with Crippen molar-refractivity contribution in [3.63, 3.8) is 0 Å². The fourth-order valence-corrected chi connectivity index (χ4v) is 7.36. The second-order valence-corrected chi connectivity index (χ2v) is 12.2. The molecule has 1 amide bonds. The summed E-state index contributed by atoms with van der Waals surface area (Å²) in [4.78, 5) is 27.8. The van der Waals surface area contributed by atoms with Crippen LogP contribution < -0.4 is 0 Å². The van der Waals surface area contributed by atoms with Crippen LogP contribution in [0.3, 0.4) is 0 Å². The maximum Gasteiger partial charge on any atom is 0.412 e. The van der Waals surface area contributed by atoms with E-state index >= 15 is 0 Å². The fraction of sp³-hybridized carbons (Fsp3) is 0.733. The van der Waals surface area contributed by atoms with E-state index in [0.29, 0.717) is 24.2 Å². The molecule has 36 heavy (non-hydrogen) atoms. The average Bonchev–Trinajstić information content (AvgIpc) is 3.09. The number of carbonyl (C=O) groups is 2. The number of hydrogen-bond acceptors (Lipinski definition) is 4. The molecular formula is C30H45NO5. The minimum atomic E-state index is -0.860. The molecular weight excluding hydrogens is 454 g/mol. The van der Waals surface area contributed by atoms with Gasteiger partial charge < -0.3 is 14.6 Å². The van der Waals surface area contributed by atoms with Crippen molar-refractivity contribution in [2.75, 3.05) is 0 Å². The van der Waals surface area contributed by atoms with Gasteiger partial charge in [0.15, 0.2) is 0 Å². The number of carboxylic acid groups (broad SMARTS) is 1. The Morgan fingerprint density at radius 3 is 2.44 bits per heavy atom. The minimum Gasteiger partial charge on any atom is -0.481 e. The normalized spacial score (nSPS) is 30.6. The van der Waals surface area contributed by atoms with Crippen molar-refractivity contribution in [3.05, 3.63) is 35.9 Å². The highest BCUT2D eigenvalue weighted by Gasteiger charge is 2.52. The van der Waals surface area contributed by atoms with Gasteiger partial charge in [-0.1, -0.05) is 76.3 Å². The number of carboxylic acids is 1. The minimum absolute atomic E-state index is 0.201. The first kappa shape index (κ1) is 27.0. The zero-order chi connectivity index (χ0) is 25.9. The van der Waals surface area contributed by atoms with E-state index < -0.39 is 23.7 Å². The van der Waals surface area contributed by atoms with Gasteiger partial charge in [0.2, 0.25) is 0 Å². The Labute approximate surface area is 216 Å². The Bertz CT molecular complexity index is 883. The smallest absolute Gasteiger partial charge is 0.412 e. The molecule has 1 N–H and O–H groups in total. The predicted molar refractivity (Wildman–Crippen MR) is 139 cm³/mol. The molecule has 6 atom stereocenters. The second kappa shape index (κ2) is 11.5. The van der Waals surface area contributed by atoms with Crippen molar-refractivity contribution in [1.82, 2.24) is 4.90 Å². The van der Waals surface area contributed by atoms with Crippen molar-refractivity contribution in [1.29, 1.82) is 0 Å². The monoisotopic (exact) mass is 499 g/mol. The number of fused-ring (bicyclic) bond motifs is 1. The number of amides is 1. The summed E-state index contributed by atoms with van der Waals surface area (Å²) in [5.74, 6) is 0.578. The molecule has 200 valence electrons. The zero-order valence-corrected chi connectivity index (χ0v) is 22.5. The summed E-state index contributed by atoms with van der Waals surface area (Å²) in [6, 6.07) is 9.46. The number of aliphatic carboxylic acids is 1. The molecule has 2 aliphatic carbocycles. The van der Waals surface area contributed by atoms with E-state index in [2.05, 4.69) is 13.8 Å². The van der Waals surface area contributed by atoms with Gasteiger partial charge in [0.25, 0.3) is 0 Å². The van der Waals surface area contributed by atoms with Gasteiger partial charge in [-0.15, -0.1) is 0 Å². The first-order chi connectivity index (χ1) is 17.2. The molecule has 0 bridgehead atoms. The maximum atomic E-state index is 13.4. The number of nitrogens with zero attached hydrogens (tertiary/aromatic N) is 1. The Morgan fingerprint density at radius 1 is 1.06 bits per heavy atom. The van der Waals surface area contributed by atoms with Crippen LogP contribution in [0.5, 0.6) is 0 Å². The molecule has 2 saturated carbocycles. The summed E-state index contributed by atoms with van der Waals surface area (Å²) < 4.78 is 12.3. The largest absolute Gasteiger partial charge is 0.481 e. The van der Waals surface area contributed by atoms with E-state index in [0.717, 1.165) is 31.2 Å². The van der Waals surface area contributed by atoms with Crippen molar-refractivity contribution >= 4 is 12.1 Å². The van der Waals surface area contributed by atoms with Gasteiger partial charge in [0.1, 0.15) is 12.3 Å². The zero-order valence-electron chi connectivity index (χ0n) is 22.5. The molecule has 6 nitrogen and oxygen atoms in total. The van der Waals surface area contributed by atoms with Gasteiger partial charge in [0.05, 0.1) is 18.1 Å². The highest BCUT2D eigenvalue weighted by atomic mass is 16.6. The van der Waals surface area contributed by atoms with Crippen LogP contribution in [0.15, 0.2) is 30.3 Å². The summed E-state index contributed by atoms with van der Waals surface area (Å²) >= 11 is 0. The SMILES string of the molecule is CC(C)C[C@H]1[C@H](C[C@@H](C(=O)O)[C@H]2CCCC3CCCCC32)OC(C)(C)N1C(=O)OCc1ccccc1. The lowest BCUT2D eigenvalue weighted by molar-refractivity contribution is -0.149. The Balaban J connectivity index is 1.53. The Hall–Kier alpha value is -2.08. The summed E-state index contributed by atoms with van der Waals surface area (Å²) in [5, 5.41) is 10.4. The number of hydrogen-bond donors (Lipinski definition) is 1. The molecule has 3 fully saturated rings. The average molecular weight is 500 g/mol. The quantitative estimate of drug-likeness (QED) is 0.422. The molecule has 1 saturated heterocycles. The molecule has 3 aliphatic rings. The third-order valence-electron chi connectivity index (χ3n) is 8.85. The maximum absolute atomic E-state index is 13.4. The first-order valence-corrected chi connectivity index (χ1v) is 14.1. The summed E-state index contributed by atoms with van der Waals surface area (Å²) in [6.45, 7) is 8.28. The third kappa shape index (κ3) is 6.07. The van der Waals surface area contributed by atoms with E-state index in [1.807, 2.05) is 44.2 Å². The van der Waals surface area contributed by atoms with Crippen LogP contribution in [0, 0.1) is 29.6 Å². The van der Waals surface area contributed by atoms with Gasteiger partial charge >= 0.3 is 12.1 Å². The first-order valence-electron chi connectivity index (χ1n) is 14.1. The van der Waals surface area contributed by atoms with Crippen LogP contribution in [0.2, 0.25) is 0 Å². The van der Waals surface area contributed by atoms with E-state index in [4.69, 9.17) is 9.47 Å². The predicted octanol–water partition coefficient (Wildman–Crippen LogP) is 6.87. The highest BCUT2D eigenvalue weighted by Crippen LogP contribution is 2.49. The van der Waals surface area contributed by atoms with E-state index in [1.54, 1.807) is 4.90 Å². The van der Waals surface area contributed by atoms with E-state index in [-0.39, 0.29) is 24.7 Å². The van der Waals surface area contributed by atoms with Crippen LogP contribution in [0.25, 0.3) is 0 Å². The van der Waals surface area contributed by atoms with Crippen LogP contribution in [0.1, 0.15) is 91.0 Å². The summed E-state index contributed by atoms with van der Waals surface area (Å²) in [7, 11) is 0. The van der Waals surface area contributed by atoms with Crippen LogP contribution in [0.4, 0.5) is 4.79 Å². The molecule has 1 aromatic carbocycles. The van der Waals surface area contributed by atoms with Crippen LogP contribution in [-0.2, 0) is 20.9 Å². The second-order valence-electron chi connectivity index (χ2n) is 12.2. The third-order valence-corrected chi connectivity index (χ3v) is 8.85. The summed E-state index contributed by atoms with van der Waals surface area (Å²) in [6.07, 6.45) is 8.75. The lowest BCUT2D eigenvalue weighted by Gasteiger charge is -2.44. The number of carbonyl (C=O) groups excluding carboxylic acids is 1. The summed E-state index contributed by atoms with van der Waals surface area (Å²) in [5.41, 5.74) is 0.0760. The molecule has 1 aromatic rings. The molecule has 2 unspecified atom stereocenters. The van der Waals surface area contributed by atoms with Crippen molar-refractivity contribution in [2.24, 2.45) is 29.6 Å². The molecule has 6 heteroatoms. The van der Waals surface area contributed by atoms with Crippen molar-refractivity contribution in [2.45, 2.75) is 110 Å².